The van der Waals surface area contributed by atoms with Crippen molar-refractivity contribution in [2.75, 3.05) is 0 Å². The molecule has 0 atom stereocenters. The predicted octanol–water partition coefficient (Wildman–Crippen LogP) is 1.61. The van der Waals surface area contributed by atoms with E-state index in [-0.39, 0.29) is 0 Å². The van der Waals surface area contributed by atoms with Crippen LogP contribution in [0.1, 0.15) is 12.8 Å². The minimum absolute atomic E-state index is 0.343. The van der Waals surface area contributed by atoms with Crippen LogP contribution in [0.2, 0.25) is 0 Å². The van der Waals surface area contributed by atoms with Gasteiger partial charge in [-0.15, -0.1) is 0 Å². The molecule has 2 heteroatoms. The van der Waals surface area contributed by atoms with Crippen LogP contribution in [0.25, 0.3) is 0 Å². The Morgan fingerprint density at radius 1 is 1.67 bits per heavy atom. The Kier molecular flexibility index (Phi) is 0.845. The second kappa shape index (κ2) is 1.23. The average Bonchev–Trinajstić information content (AvgIpc) is 2.06. The third-order valence-electron chi connectivity index (χ3n) is 0.936. The summed E-state index contributed by atoms with van der Waals surface area (Å²) in [5.74, 6) is 0.451. The van der Waals surface area contributed by atoms with E-state index in [4.69, 9.17) is 17.0 Å². The third-order valence-corrected chi connectivity index (χ3v) is 1.24. The maximum Gasteiger partial charge on any atom is 0.1000 e. The van der Waals surface area contributed by atoms with Gasteiger partial charge in [0.05, 0.1) is 5.17 Å². The first-order chi connectivity index (χ1) is 2.80. The Hall–Kier alpha value is -0.0400. The molecule has 0 aromatic heterocycles. The zero-order valence-electron chi connectivity index (χ0n) is 3.37. The van der Waals surface area contributed by atoms with Crippen molar-refractivity contribution in [3.05, 3.63) is 0 Å². The number of nitrogens with one attached hydrogen (secondary N) is 1. The molecule has 34 valence electrons. The molecule has 0 heterocycles. The highest BCUT2D eigenvalue weighted by Crippen LogP contribution is 2.30. The lowest BCUT2D eigenvalue weighted by Gasteiger charge is -1.77. The fourth-order valence-corrected chi connectivity index (χ4v) is 0.555. The first kappa shape index (κ1) is 4.13. The molecule has 0 unspecified atom stereocenters. The van der Waals surface area contributed by atoms with E-state index in [1.165, 1.54) is 0 Å². The molecule has 1 N–H and O–H groups in total. The van der Waals surface area contributed by atoms with Crippen molar-refractivity contribution in [1.82, 2.24) is 0 Å². The maximum atomic E-state index is 6.78. The molecule has 1 nitrogen and oxygen atoms in total. The Labute approximate surface area is 41.8 Å². The average molecular weight is 104 g/mol. The fraction of sp³-hybridized carbons (Fsp3) is 0.750. The van der Waals surface area contributed by atoms with E-state index in [0.717, 1.165) is 12.8 Å². The minimum atomic E-state index is 0.343. The van der Waals surface area contributed by atoms with E-state index in [1.807, 2.05) is 0 Å². The van der Waals surface area contributed by atoms with Crippen LogP contribution < -0.4 is 0 Å². The van der Waals surface area contributed by atoms with Crippen LogP contribution in [-0.4, -0.2) is 5.17 Å². The Bertz CT molecular complexity index is 75.6. The Balaban J connectivity index is 2.31. The van der Waals surface area contributed by atoms with Crippen LogP contribution in [0.4, 0.5) is 0 Å². The van der Waals surface area contributed by atoms with E-state index in [1.54, 1.807) is 0 Å². The van der Waals surface area contributed by atoms with Crippen LogP contribution in [0, 0.1) is 11.3 Å². The van der Waals surface area contributed by atoms with E-state index >= 15 is 0 Å². The molecule has 0 radical (unpaired) electrons. The summed E-state index contributed by atoms with van der Waals surface area (Å²) in [4.78, 5) is 0. The van der Waals surface area contributed by atoms with Crippen molar-refractivity contribution in [3.63, 3.8) is 0 Å². The molecule has 0 spiro atoms. The van der Waals surface area contributed by atoms with Gasteiger partial charge in [0.15, 0.2) is 0 Å². The van der Waals surface area contributed by atoms with Gasteiger partial charge < -0.3 is 0 Å². The molecule has 0 aromatic carbocycles. The number of halogens is 1. The molecule has 0 aromatic rings. The summed E-state index contributed by atoms with van der Waals surface area (Å²) in [6.07, 6.45) is 2.28. The number of hydrogen-bond acceptors (Lipinski definition) is 1. The third kappa shape index (κ3) is 0.716. The lowest BCUT2D eigenvalue weighted by Crippen LogP contribution is -1.82. The fourth-order valence-electron chi connectivity index (χ4n) is 0.337. The molecular formula is C4H6ClN. The molecule has 0 aliphatic heterocycles. The Morgan fingerprint density at radius 3 is 2.17 bits per heavy atom. The van der Waals surface area contributed by atoms with Gasteiger partial charge >= 0.3 is 0 Å². The molecule has 1 fully saturated rings. The van der Waals surface area contributed by atoms with E-state index in [9.17, 15) is 0 Å². The van der Waals surface area contributed by atoms with Gasteiger partial charge in [-0.3, -0.25) is 5.41 Å². The van der Waals surface area contributed by atoms with Crippen LogP contribution >= 0.6 is 11.6 Å². The molecule has 1 aliphatic carbocycles. The summed E-state index contributed by atoms with van der Waals surface area (Å²) >= 11 is 5.26. The standard InChI is InChI=1S/C4H6ClN/c5-4(6)3-1-2-3/h3,6H,1-2H2. The highest BCUT2D eigenvalue weighted by molar-refractivity contribution is 6.65. The van der Waals surface area contributed by atoms with Gasteiger partial charge in [0.2, 0.25) is 0 Å². The molecule has 1 saturated carbocycles. The van der Waals surface area contributed by atoms with Crippen LogP contribution in [0.3, 0.4) is 0 Å². The topological polar surface area (TPSA) is 23.9 Å². The first-order valence-electron chi connectivity index (χ1n) is 2.04. The molecular weight excluding hydrogens is 97.5 g/mol. The smallest absolute Gasteiger partial charge is 0.1000 e. The van der Waals surface area contributed by atoms with Crippen LogP contribution in [0.5, 0.6) is 0 Å². The van der Waals surface area contributed by atoms with Gasteiger partial charge in [0.25, 0.3) is 0 Å². The van der Waals surface area contributed by atoms with Crippen molar-refractivity contribution in [2.45, 2.75) is 12.8 Å². The summed E-state index contributed by atoms with van der Waals surface area (Å²) in [6, 6.07) is 0. The summed E-state index contributed by atoms with van der Waals surface area (Å²) < 4.78 is 0. The molecule has 0 amide bonds. The van der Waals surface area contributed by atoms with Crippen LogP contribution in [0.15, 0.2) is 0 Å². The van der Waals surface area contributed by atoms with E-state index < -0.39 is 0 Å². The van der Waals surface area contributed by atoms with Gasteiger partial charge in [-0.2, -0.15) is 0 Å². The summed E-state index contributed by atoms with van der Waals surface area (Å²) in [5, 5.41) is 7.12. The normalized spacial score (nSPS) is 20.8. The summed E-state index contributed by atoms with van der Waals surface area (Å²) in [7, 11) is 0. The molecule has 1 rings (SSSR count). The maximum absolute atomic E-state index is 6.78. The first-order valence-corrected chi connectivity index (χ1v) is 2.42. The van der Waals surface area contributed by atoms with E-state index in [0.29, 0.717) is 11.1 Å². The number of hydrogen-bond donors (Lipinski definition) is 1. The van der Waals surface area contributed by atoms with Gasteiger partial charge in [-0.25, -0.2) is 0 Å². The van der Waals surface area contributed by atoms with Crippen molar-refractivity contribution in [1.29, 1.82) is 5.41 Å². The van der Waals surface area contributed by atoms with E-state index in [2.05, 4.69) is 0 Å². The largest absolute Gasteiger partial charge is 0.293 e. The monoisotopic (exact) mass is 103 g/mol. The van der Waals surface area contributed by atoms with Gasteiger partial charge in [0, 0.05) is 5.92 Å². The second-order valence-corrected chi connectivity index (χ2v) is 2.03. The molecule has 6 heavy (non-hydrogen) atoms. The zero-order valence-corrected chi connectivity index (χ0v) is 4.13. The highest BCUT2D eigenvalue weighted by atomic mass is 35.5. The molecule has 0 saturated heterocycles. The second-order valence-electron chi connectivity index (χ2n) is 1.62. The van der Waals surface area contributed by atoms with Crippen molar-refractivity contribution in [2.24, 2.45) is 5.92 Å². The summed E-state index contributed by atoms with van der Waals surface area (Å²) in [6.45, 7) is 0. The minimum Gasteiger partial charge on any atom is -0.293 e. The number of rotatable bonds is 1. The van der Waals surface area contributed by atoms with Crippen molar-refractivity contribution in [3.8, 4) is 0 Å². The highest BCUT2D eigenvalue weighted by Gasteiger charge is 2.24. The van der Waals surface area contributed by atoms with Crippen molar-refractivity contribution < 1.29 is 0 Å². The predicted molar refractivity (Wildman–Crippen MR) is 26.3 cm³/mol. The Morgan fingerprint density at radius 2 is 2.17 bits per heavy atom. The SMILES string of the molecule is N=C(Cl)C1CC1. The zero-order chi connectivity index (χ0) is 4.57. The lowest BCUT2D eigenvalue weighted by atomic mass is 10.5. The molecule has 0 bridgehead atoms. The van der Waals surface area contributed by atoms with Gasteiger partial charge in [-0.1, -0.05) is 11.6 Å². The molecule has 1 aliphatic rings. The van der Waals surface area contributed by atoms with Gasteiger partial charge in [0.1, 0.15) is 0 Å². The quantitative estimate of drug-likeness (QED) is 0.488. The van der Waals surface area contributed by atoms with Crippen LogP contribution in [-0.2, 0) is 0 Å². The summed E-state index contributed by atoms with van der Waals surface area (Å²) in [5.41, 5.74) is 0. The lowest BCUT2D eigenvalue weighted by molar-refractivity contribution is 1.20. The van der Waals surface area contributed by atoms with Crippen molar-refractivity contribution >= 4 is 16.8 Å². The van der Waals surface area contributed by atoms with Gasteiger partial charge in [-0.05, 0) is 12.8 Å².